The van der Waals surface area contributed by atoms with Crippen molar-refractivity contribution in [3.63, 3.8) is 0 Å². The van der Waals surface area contributed by atoms with Crippen molar-refractivity contribution in [2.45, 2.75) is 19.4 Å². The van der Waals surface area contributed by atoms with Gasteiger partial charge in [-0.2, -0.15) is 0 Å². The Labute approximate surface area is 226 Å². The molecule has 0 radical (unpaired) electrons. The van der Waals surface area contributed by atoms with E-state index in [4.69, 9.17) is 0 Å². The molecule has 2 aliphatic rings. The lowest BCUT2D eigenvalue weighted by Gasteiger charge is -2.37. The maximum Gasteiger partial charge on any atom is 0.209 e. The van der Waals surface area contributed by atoms with Gasteiger partial charge in [0.2, 0.25) is 6.41 Å². The van der Waals surface area contributed by atoms with E-state index in [0.717, 1.165) is 64.4 Å². The quantitative estimate of drug-likeness (QED) is 0.283. The molecule has 0 unspecified atom stereocenters. The van der Waals surface area contributed by atoms with Gasteiger partial charge in [-0.05, 0) is 50.2 Å². The number of nitrogens with zero attached hydrogens (tertiary/aromatic N) is 6. The molecular formula is C28H34N8OS. The first kappa shape index (κ1) is 26.0. The maximum atomic E-state index is 10.9. The normalized spacial score (nSPS) is 18.6. The summed E-state index contributed by atoms with van der Waals surface area (Å²) in [7, 11) is 2.19. The van der Waals surface area contributed by atoms with Crippen molar-refractivity contribution in [2.75, 3.05) is 51.6 Å². The molecule has 0 saturated carbocycles. The molecular weight excluding hydrogens is 496 g/mol. The van der Waals surface area contributed by atoms with Crippen molar-refractivity contribution < 1.29 is 4.79 Å². The van der Waals surface area contributed by atoms with Crippen LogP contribution in [0.15, 0.2) is 54.8 Å². The Morgan fingerprint density at radius 1 is 1.21 bits per heavy atom. The second-order valence-electron chi connectivity index (χ2n) is 9.79. The van der Waals surface area contributed by atoms with Crippen LogP contribution in [0.3, 0.4) is 0 Å². The van der Waals surface area contributed by atoms with Gasteiger partial charge in [0.15, 0.2) is 0 Å². The number of hydrogen-bond donors (Lipinski definition) is 2. The van der Waals surface area contributed by atoms with Crippen LogP contribution in [0.1, 0.15) is 19.0 Å². The summed E-state index contributed by atoms with van der Waals surface area (Å²) in [5, 5.41) is 4.34. The van der Waals surface area contributed by atoms with E-state index in [1.54, 1.807) is 22.6 Å². The largest absolute Gasteiger partial charge is 0.341 e. The molecule has 3 aromatic heterocycles. The number of piperazine rings is 1. The van der Waals surface area contributed by atoms with Crippen LogP contribution < -0.4 is 5.32 Å². The Hall–Kier alpha value is -3.60. The van der Waals surface area contributed by atoms with Gasteiger partial charge in [0.1, 0.15) is 17.8 Å². The number of amides is 1. The standard InChI is InChI=1S/C19H16N6OS.C9H18N2/c26-11-25-5-3-12(4-6-25)16-8-14-18(20-9-21-19(14)24-16)23-13-1-2-15-17(7-13)27-10-22-15;1-4-5-11-7-6-10(3)9(2)8-11/h1-3,7-11H,4-6H2,(H2,20,21,23,24);4,9H,1,5-8H2,2-3H3/t;9-/m.0/s1. The number of aromatic amines is 1. The van der Waals surface area contributed by atoms with Crippen molar-refractivity contribution in [3.8, 4) is 0 Å². The molecule has 0 bridgehead atoms. The minimum atomic E-state index is 0.639. The number of rotatable bonds is 6. The van der Waals surface area contributed by atoms with Crippen molar-refractivity contribution in [1.82, 2.24) is 34.6 Å². The molecule has 10 heteroatoms. The lowest BCUT2D eigenvalue weighted by atomic mass is 10.1. The molecule has 4 aromatic rings. The van der Waals surface area contributed by atoms with E-state index in [0.29, 0.717) is 12.6 Å². The number of benzene rings is 1. The van der Waals surface area contributed by atoms with E-state index in [2.05, 4.69) is 73.8 Å². The molecule has 2 N–H and O–H groups in total. The molecule has 9 nitrogen and oxygen atoms in total. The van der Waals surface area contributed by atoms with Crippen LogP contribution in [-0.4, -0.2) is 93.4 Å². The number of aromatic nitrogens is 4. The van der Waals surface area contributed by atoms with E-state index in [1.807, 2.05) is 23.7 Å². The highest BCUT2D eigenvalue weighted by molar-refractivity contribution is 7.16. The van der Waals surface area contributed by atoms with Crippen molar-refractivity contribution in [3.05, 3.63) is 60.5 Å². The Balaban J connectivity index is 0.000000226. The van der Waals surface area contributed by atoms with Gasteiger partial charge in [0.05, 0.1) is 21.1 Å². The van der Waals surface area contributed by atoms with Gasteiger partial charge in [0, 0.05) is 56.7 Å². The van der Waals surface area contributed by atoms with E-state index >= 15 is 0 Å². The number of thiazole rings is 1. The highest BCUT2D eigenvalue weighted by Crippen LogP contribution is 2.30. The predicted octanol–water partition coefficient (Wildman–Crippen LogP) is 4.37. The number of hydrogen-bond acceptors (Lipinski definition) is 8. The number of nitrogens with one attached hydrogen (secondary N) is 2. The van der Waals surface area contributed by atoms with Crippen LogP contribution in [0.2, 0.25) is 0 Å². The Kier molecular flexibility index (Phi) is 8.11. The van der Waals surface area contributed by atoms with Crippen LogP contribution in [-0.2, 0) is 4.79 Å². The van der Waals surface area contributed by atoms with Crippen LogP contribution in [0, 0.1) is 0 Å². The first-order valence-corrected chi connectivity index (χ1v) is 13.8. The molecule has 1 fully saturated rings. The first-order valence-electron chi connectivity index (χ1n) is 12.9. The van der Waals surface area contributed by atoms with Gasteiger partial charge in [-0.15, -0.1) is 17.9 Å². The summed E-state index contributed by atoms with van der Waals surface area (Å²) in [6.07, 6.45) is 7.34. The Morgan fingerprint density at radius 3 is 2.87 bits per heavy atom. The smallest absolute Gasteiger partial charge is 0.209 e. The Bertz CT molecular complexity index is 1440. The summed E-state index contributed by atoms with van der Waals surface area (Å²) in [6, 6.07) is 8.85. The summed E-state index contributed by atoms with van der Waals surface area (Å²) < 4.78 is 1.13. The molecule has 38 heavy (non-hydrogen) atoms. The van der Waals surface area contributed by atoms with E-state index in [9.17, 15) is 4.79 Å². The predicted molar refractivity (Wildman–Crippen MR) is 156 cm³/mol. The summed E-state index contributed by atoms with van der Waals surface area (Å²) in [5.74, 6) is 0.761. The SMILES string of the molecule is C=CCN1CCN(C)[C@@H](C)C1.O=CN1CC=C(c2cc3c(Nc4ccc5ncsc5c4)ncnc3[nH]2)CC1. The molecule has 1 aromatic carbocycles. The van der Waals surface area contributed by atoms with Crippen molar-refractivity contribution in [1.29, 1.82) is 0 Å². The Morgan fingerprint density at radius 2 is 2.11 bits per heavy atom. The third-order valence-corrected chi connectivity index (χ3v) is 7.98. The van der Waals surface area contributed by atoms with Crippen molar-refractivity contribution in [2.24, 2.45) is 0 Å². The zero-order valence-corrected chi connectivity index (χ0v) is 22.7. The number of anilines is 2. The van der Waals surface area contributed by atoms with E-state index < -0.39 is 0 Å². The highest BCUT2D eigenvalue weighted by Gasteiger charge is 2.19. The molecule has 0 spiro atoms. The van der Waals surface area contributed by atoms with Crippen LogP contribution in [0.25, 0.3) is 26.8 Å². The summed E-state index contributed by atoms with van der Waals surface area (Å²) in [6.45, 7) is 12.0. The third-order valence-electron chi connectivity index (χ3n) is 7.19. The maximum absolute atomic E-state index is 10.9. The molecule has 1 amide bonds. The third kappa shape index (κ3) is 5.93. The average Bonchev–Trinajstić information content (AvgIpc) is 3.59. The van der Waals surface area contributed by atoms with Gasteiger partial charge in [-0.1, -0.05) is 12.2 Å². The number of H-pyrrole nitrogens is 1. The minimum Gasteiger partial charge on any atom is -0.341 e. The van der Waals surface area contributed by atoms with E-state index in [1.165, 1.54) is 25.2 Å². The zero-order chi connectivity index (χ0) is 26.5. The molecule has 2 aliphatic heterocycles. The number of carbonyl (C=O) groups is 1. The van der Waals surface area contributed by atoms with Gasteiger partial charge in [-0.25, -0.2) is 15.0 Å². The van der Waals surface area contributed by atoms with Gasteiger partial charge >= 0.3 is 0 Å². The minimum absolute atomic E-state index is 0.639. The fourth-order valence-corrected chi connectivity index (χ4v) is 5.50. The van der Waals surface area contributed by atoms with Gasteiger partial charge in [0.25, 0.3) is 0 Å². The van der Waals surface area contributed by atoms with Crippen LogP contribution in [0.4, 0.5) is 11.5 Å². The topological polar surface area (TPSA) is 93.3 Å². The zero-order valence-electron chi connectivity index (χ0n) is 21.9. The van der Waals surface area contributed by atoms with Crippen LogP contribution in [0.5, 0.6) is 0 Å². The van der Waals surface area contributed by atoms with Gasteiger partial charge in [-0.3, -0.25) is 9.69 Å². The lowest BCUT2D eigenvalue weighted by Crippen LogP contribution is -2.49. The number of fused-ring (bicyclic) bond motifs is 2. The monoisotopic (exact) mass is 530 g/mol. The molecule has 6 rings (SSSR count). The summed E-state index contributed by atoms with van der Waals surface area (Å²) in [5.41, 5.74) is 6.82. The first-order chi connectivity index (χ1) is 18.5. The van der Waals surface area contributed by atoms with Crippen molar-refractivity contribution >= 4 is 56.1 Å². The average molecular weight is 531 g/mol. The molecule has 198 valence electrons. The summed E-state index contributed by atoms with van der Waals surface area (Å²) in [4.78, 5) is 34.0. The number of likely N-dealkylation sites (N-methyl/N-ethyl adjacent to an activating group) is 1. The molecule has 1 saturated heterocycles. The van der Waals surface area contributed by atoms with Gasteiger partial charge < -0.3 is 20.1 Å². The van der Waals surface area contributed by atoms with Crippen LogP contribution >= 0.6 is 11.3 Å². The summed E-state index contributed by atoms with van der Waals surface area (Å²) >= 11 is 1.61. The van der Waals surface area contributed by atoms with E-state index in [-0.39, 0.29) is 0 Å². The fourth-order valence-electron chi connectivity index (χ4n) is 4.78. The molecule has 5 heterocycles. The highest BCUT2D eigenvalue weighted by atomic mass is 32.1. The second-order valence-corrected chi connectivity index (χ2v) is 10.7. The molecule has 1 atom stereocenters. The second kappa shape index (κ2) is 11.8. The molecule has 0 aliphatic carbocycles. The number of carbonyl (C=O) groups excluding carboxylic acids is 1. The lowest BCUT2D eigenvalue weighted by molar-refractivity contribution is -0.117. The fraction of sp³-hybridized carbons (Fsp3) is 0.357.